The molecule has 0 bridgehead atoms. The number of anilines is 1. The first-order chi connectivity index (χ1) is 12.8. The molecule has 29 heavy (non-hydrogen) atoms. The van der Waals surface area contributed by atoms with E-state index in [2.05, 4.69) is 46.6 Å². The van der Waals surface area contributed by atoms with Crippen LogP contribution in [0.25, 0.3) is 0 Å². The number of rotatable bonds is 9. The van der Waals surface area contributed by atoms with Crippen molar-refractivity contribution in [3.63, 3.8) is 0 Å². The Morgan fingerprint density at radius 2 is 1.86 bits per heavy atom. The van der Waals surface area contributed by atoms with Crippen molar-refractivity contribution in [3.05, 3.63) is 44.9 Å². The molecule has 0 saturated heterocycles. The van der Waals surface area contributed by atoms with Crippen molar-refractivity contribution in [2.24, 2.45) is 0 Å². The van der Waals surface area contributed by atoms with Crippen LogP contribution in [0.15, 0.2) is 23.6 Å². The van der Waals surface area contributed by atoms with Crippen LogP contribution in [0.2, 0.25) is 10.0 Å². The largest absolute Gasteiger partial charge is 0.334 e. The van der Waals surface area contributed by atoms with Crippen LogP contribution in [0.1, 0.15) is 17.7 Å². The lowest BCUT2D eigenvalue weighted by Crippen LogP contribution is -2.28. The Morgan fingerprint density at radius 1 is 1.14 bits per heavy atom. The second kappa shape index (κ2) is 14.2. The van der Waals surface area contributed by atoms with Gasteiger partial charge in [-0.15, -0.1) is 36.2 Å². The maximum Gasteiger partial charge on any atom is 0.321 e. The van der Waals surface area contributed by atoms with E-state index in [1.165, 1.54) is 11.3 Å². The van der Waals surface area contributed by atoms with Crippen molar-refractivity contribution in [3.8, 4) is 0 Å². The first-order valence-corrected chi connectivity index (χ1v) is 10.2. The molecular weight excluding hydrogens is 476 g/mol. The highest BCUT2D eigenvalue weighted by molar-refractivity contribution is 7.13. The standard InChI is InChI=1S/C18H25Cl2N5OS.2ClH/c1-24(2)7-4-8-25(3)11-14-12-27-18(22-14)23-17(26)21-10-13-5-6-15(19)16(20)9-13;;/h5-6,9,12H,4,7-8,10-11H2,1-3H3,(H2,21,22,23,26);2*1H. The second-order valence-electron chi connectivity index (χ2n) is 6.59. The van der Waals surface area contributed by atoms with Crippen LogP contribution in [-0.4, -0.2) is 55.0 Å². The molecule has 2 amide bonds. The number of benzene rings is 1. The number of amides is 2. The van der Waals surface area contributed by atoms with E-state index in [0.29, 0.717) is 21.7 Å². The van der Waals surface area contributed by atoms with Crippen molar-refractivity contribution in [1.29, 1.82) is 0 Å². The van der Waals surface area contributed by atoms with Crippen molar-refractivity contribution < 1.29 is 4.79 Å². The molecule has 2 N–H and O–H groups in total. The molecule has 0 saturated carbocycles. The zero-order valence-electron chi connectivity index (χ0n) is 16.6. The van der Waals surface area contributed by atoms with Gasteiger partial charge in [0, 0.05) is 18.5 Å². The molecule has 0 aliphatic heterocycles. The highest BCUT2D eigenvalue weighted by Gasteiger charge is 2.09. The van der Waals surface area contributed by atoms with Gasteiger partial charge in [-0.2, -0.15) is 0 Å². The minimum absolute atomic E-state index is 0. The number of hydrogen-bond acceptors (Lipinski definition) is 5. The number of aromatic nitrogens is 1. The Bertz CT molecular complexity index is 760. The van der Waals surface area contributed by atoms with Gasteiger partial charge in [0.2, 0.25) is 0 Å². The van der Waals surface area contributed by atoms with Gasteiger partial charge in [-0.1, -0.05) is 29.3 Å². The minimum atomic E-state index is -0.304. The Labute approximate surface area is 198 Å². The molecule has 6 nitrogen and oxygen atoms in total. The number of carbonyl (C=O) groups excluding carboxylic acids is 1. The molecule has 0 aliphatic carbocycles. The van der Waals surface area contributed by atoms with E-state index in [1.54, 1.807) is 12.1 Å². The van der Waals surface area contributed by atoms with Gasteiger partial charge in [0.05, 0.1) is 15.7 Å². The molecule has 1 heterocycles. The molecular formula is C18H27Cl4N5OS. The van der Waals surface area contributed by atoms with E-state index < -0.39 is 0 Å². The van der Waals surface area contributed by atoms with Gasteiger partial charge >= 0.3 is 6.03 Å². The molecule has 0 radical (unpaired) electrons. The fourth-order valence-electron chi connectivity index (χ4n) is 2.42. The maximum atomic E-state index is 12.0. The molecule has 164 valence electrons. The lowest BCUT2D eigenvalue weighted by atomic mass is 10.2. The van der Waals surface area contributed by atoms with Crippen LogP contribution in [0.5, 0.6) is 0 Å². The normalized spacial score (nSPS) is 10.4. The number of nitrogens with zero attached hydrogens (tertiary/aromatic N) is 3. The van der Waals surface area contributed by atoms with Gasteiger partial charge in [0.1, 0.15) is 0 Å². The zero-order valence-corrected chi connectivity index (χ0v) is 20.5. The summed E-state index contributed by atoms with van der Waals surface area (Å²) in [5, 5.41) is 9.06. The average Bonchev–Trinajstić information content (AvgIpc) is 3.02. The van der Waals surface area contributed by atoms with Gasteiger partial charge in [-0.3, -0.25) is 5.32 Å². The lowest BCUT2D eigenvalue weighted by molar-refractivity contribution is 0.251. The third kappa shape index (κ3) is 10.7. The summed E-state index contributed by atoms with van der Waals surface area (Å²) in [6.07, 6.45) is 1.11. The van der Waals surface area contributed by atoms with Gasteiger partial charge in [0.25, 0.3) is 0 Å². The first kappa shape index (κ1) is 28.2. The van der Waals surface area contributed by atoms with Crippen LogP contribution >= 0.6 is 59.4 Å². The number of carbonyl (C=O) groups is 1. The fourth-order valence-corrected chi connectivity index (χ4v) is 3.44. The Kier molecular flexibility index (Phi) is 13.9. The van der Waals surface area contributed by atoms with Gasteiger partial charge in [-0.25, -0.2) is 9.78 Å². The fraction of sp³-hybridized carbons (Fsp3) is 0.444. The molecule has 0 atom stereocenters. The Hall–Kier alpha value is -0.800. The predicted octanol–water partition coefficient (Wildman–Crippen LogP) is 5.00. The smallest absolute Gasteiger partial charge is 0.321 e. The molecule has 11 heteroatoms. The van der Waals surface area contributed by atoms with Gasteiger partial charge in [-0.05, 0) is 58.3 Å². The number of nitrogens with one attached hydrogen (secondary N) is 2. The van der Waals surface area contributed by atoms with Crippen molar-refractivity contribution >= 4 is 70.5 Å². The maximum absolute atomic E-state index is 12.0. The van der Waals surface area contributed by atoms with E-state index in [1.807, 2.05) is 11.4 Å². The topological polar surface area (TPSA) is 60.5 Å². The highest BCUT2D eigenvalue weighted by Crippen LogP contribution is 2.22. The van der Waals surface area contributed by atoms with E-state index >= 15 is 0 Å². The van der Waals surface area contributed by atoms with Crippen LogP contribution < -0.4 is 10.6 Å². The highest BCUT2D eigenvalue weighted by atomic mass is 35.5. The summed E-state index contributed by atoms with van der Waals surface area (Å²) in [5.74, 6) is 0. The Morgan fingerprint density at radius 3 is 2.52 bits per heavy atom. The summed E-state index contributed by atoms with van der Waals surface area (Å²) in [7, 11) is 6.22. The van der Waals surface area contributed by atoms with E-state index in [9.17, 15) is 4.79 Å². The lowest BCUT2D eigenvalue weighted by Gasteiger charge is -2.16. The quantitative estimate of drug-likeness (QED) is 0.506. The van der Waals surface area contributed by atoms with Crippen molar-refractivity contribution in [2.45, 2.75) is 19.5 Å². The predicted molar refractivity (Wildman–Crippen MR) is 128 cm³/mol. The average molecular weight is 503 g/mol. The van der Waals surface area contributed by atoms with E-state index in [-0.39, 0.29) is 30.8 Å². The van der Waals surface area contributed by atoms with Crippen LogP contribution in [-0.2, 0) is 13.1 Å². The summed E-state index contributed by atoms with van der Waals surface area (Å²) < 4.78 is 0. The molecule has 2 rings (SSSR count). The van der Waals surface area contributed by atoms with E-state index in [4.69, 9.17) is 23.2 Å². The summed E-state index contributed by atoms with van der Waals surface area (Å²) >= 11 is 13.3. The summed E-state index contributed by atoms with van der Waals surface area (Å²) in [6, 6.07) is 4.96. The van der Waals surface area contributed by atoms with Crippen molar-refractivity contribution in [1.82, 2.24) is 20.1 Å². The first-order valence-electron chi connectivity index (χ1n) is 8.60. The van der Waals surface area contributed by atoms with E-state index in [0.717, 1.165) is 37.3 Å². The Balaban J connectivity index is 0.00000392. The summed E-state index contributed by atoms with van der Waals surface area (Å²) in [5.41, 5.74) is 1.82. The van der Waals surface area contributed by atoms with Gasteiger partial charge in [0.15, 0.2) is 5.13 Å². The number of thiazole rings is 1. The zero-order chi connectivity index (χ0) is 19.8. The molecule has 0 aliphatic rings. The molecule has 1 aromatic heterocycles. The molecule has 0 fully saturated rings. The minimum Gasteiger partial charge on any atom is -0.334 e. The molecule has 0 spiro atoms. The summed E-state index contributed by atoms with van der Waals surface area (Å²) in [4.78, 5) is 20.9. The number of urea groups is 1. The monoisotopic (exact) mass is 501 g/mol. The third-order valence-corrected chi connectivity index (χ3v) is 5.33. The summed E-state index contributed by atoms with van der Waals surface area (Å²) in [6.45, 7) is 3.18. The van der Waals surface area contributed by atoms with Crippen molar-refractivity contribution in [2.75, 3.05) is 39.5 Å². The van der Waals surface area contributed by atoms with Crippen LogP contribution in [0.3, 0.4) is 0 Å². The second-order valence-corrected chi connectivity index (χ2v) is 8.27. The molecule has 1 aromatic carbocycles. The number of hydrogen-bond donors (Lipinski definition) is 2. The molecule has 0 unspecified atom stereocenters. The SMILES string of the molecule is CN(C)CCCN(C)Cc1csc(NC(=O)NCc2ccc(Cl)c(Cl)c2)n1.Cl.Cl. The van der Waals surface area contributed by atoms with Crippen LogP contribution in [0, 0.1) is 0 Å². The number of halogens is 4. The third-order valence-electron chi connectivity index (χ3n) is 3.79. The van der Waals surface area contributed by atoms with Crippen LogP contribution in [0.4, 0.5) is 9.93 Å². The van der Waals surface area contributed by atoms with Gasteiger partial charge < -0.3 is 15.1 Å². The molecule has 2 aromatic rings.